The van der Waals surface area contributed by atoms with E-state index in [1.807, 2.05) is 17.9 Å². The zero-order valence-electron chi connectivity index (χ0n) is 10.6. The van der Waals surface area contributed by atoms with Crippen LogP contribution in [0.1, 0.15) is 18.1 Å². The van der Waals surface area contributed by atoms with Gasteiger partial charge in [-0.05, 0) is 24.6 Å². The fraction of sp³-hybridized carbons (Fsp3) is 0.462. The van der Waals surface area contributed by atoms with Crippen LogP contribution in [0, 0.1) is 17.1 Å². The molecule has 1 fully saturated rings. The van der Waals surface area contributed by atoms with E-state index in [4.69, 9.17) is 5.26 Å². The zero-order valence-corrected chi connectivity index (χ0v) is 11.5. The van der Waals surface area contributed by atoms with E-state index < -0.39 is 15.7 Å². The highest BCUT2D eigenvalue weighted by atomic mass is 32.2. The van der Waals surface area contributed by atoms with Crippen molar-refractivity contribution in [2.75, 3.05) is 18.1 Å². The van der Waals surface area contributed by atoms with E-state index in [0.717, 1.165) is 5.56 Å². The van der Waals surface area contributed by atoms with Crippen molar-refractivity contribution in [2.45, 2.75) is 19.5 Å². The summed E-state index contributed by atoms with van der Waals surface area (Å²) in [5.74, 6) is -0.219. The molecule has 0 N–H and O–H groups in total. The molecule has 19 heavy (non-hydrogen) atoms. The number of nitrogens with zero attached hydrogens (tertiary/aromatic N) is 2. The van der Waals surface area contributed by atoms with Crippen molar-refractivity contribution in [2.24, 2.45) is 0 Å². The fourth-order valence-electron chi connectivity index (χ4n) is 2.26. The average molecular weight is 282 g/mol. The molecule has 1 aliphatic heterocycles. The average Bonchev–Trinajstić information content (AvgIpc) is 2.34. The van der Waals surface area contributed by atoms with E-state index in [2.05, 4.69) is 0 Å². The molecule has 102 valence electrons. The summed E-state index contributed by atoms with van der Waals surface area (Å²) < 4.78 is 36.2. The van der Waals surface area contributed by atoms with E-state index in [1.54, 1.807) is 6.07 Å². The highest BCUT2D eigenvalue weighted by Gasteiger charge is 2.27. The van der Waals surface area contributed by atoms with Crippen LogP contribution in [0.3, 0.4) is 0 Å². The highest BCUT2D eigenvalue weighted by Crippen LogP contribution is 2.17. The van der Waals surface area contributed by atoms with Gasteiger partial charge in [0, 0.05) is 19.1 Å². The number of hydrogen-bond donors (Lipinski definition) is 0. The molecule has 0 bridgehead atoms. The molecule has 0 saturated carbocycles. The molecule has 6 heteroatoms. The Kier molecular flexibility index (Phi) is 3.88. The van der Waals surface area contributed by atoms with Crippen LogP contribution < -0.4 is 0 Å². The third kappa shape index (κ3) is 3.31. The highest BCUT2D eigenvalue weighted by molar-refractivity contribution is 7.91. The predicted octanol–water partition coefficient (Wildman–Crippen LogP) is 1.32. The van der Waals surface area contributed by atoms with E-state index in [-0.39, 0.29) is 23.1 Å². The van der Waals surface area contributed by atoms with E-state index in [1.165, 1.54) is 12.1 Å². The third-order valence-electron chi connectivity index (χ3n) is 3.34. The summed E-state index contributed by atoms with van der Waals surface area (Å²) in [5.41, 5.74) is 0.846. The molecule has 1 unspecified atom stereocenters. The van der Waals surface area contributed by atoms with Crippen molar-refractivity contribution < 1.29 is 12.8 Å². The first-order chi connectivity index (χ1) is 8.91. The first kappa shape index (κ1) is 14.0. The Morgan fingerprint density at radius 2 is 2.26 bits per heavy atom. The Morgan fingerprint density at radius 3 is 2.89 bits per heavy atom. The zero-order chi connectivity index (χ0) is 14.0. The van der Waals surface area contributed by atoms with Gasteiger partial charge in [0.25, 0.3) is 0 Å². The smallest absolute Gasteiger partial charge is 0.153 e. The van der Waals surface area contributed by atoms with Crippen LogP contribution in [0.25, 0.3) is 0 Å². The standard InChI is InChI=1S/C13H15FN2O2S/c1-10-9-19(17,18)5-4-16(10)8-11-2-3-13(14)12(6-11)7-15/h2-3,6,10H,4-5,8-9H2,1H3. The maximum absolute atomic E-state index is 13.2. The Morgan fingerprint density at radius 1 is 1.53 bits per heavy atom. The molecule has 1 heterocycles. The molecule has 1 atom stereocenters. The van der Waals surface area contributed by atoms with Crippen LogP contribution in [0.5, 0.6) is 0 Å². The minimum Gasteiger partial charge on any atom is -0.294 e. The summed E-state index contributed by atoms with van der Waals surface area (Å²) in [5, 5.41) is 8.79. The number of sulfone groups is 1. The first-order valence-electron chi connectivity index (χ1n) is 6.04. The lowest BCUT2D eigenvalue weighted by Gasteiger charge is -2.33. The quantitative estimate of drug-likeness (QED) is 0.820. The molecule has 0 spiro atoms. The van der Waals surface area contributed by atoms with Crippen molar-refractivity contribution in [1.82, 2.24) is 4.90 Å². The Hall–Kier alpha value is -1.45. The number of hydrogen-bond acceptors (Lipinski definition) is 4. The monoisotopic (exact) mass is 282 g/mol. The molecule has 1 aliphatic rings. The number of halogens is 1. The predicted molar refractivity (Wildman–Crippen MR) is 69.6 cm³/mol. The summed E-state index contributed by atoms with van der Waals surface area (Å²) in [4.78, 5) is 2.04. The van der Waals surface area contributed by atoms with E-state index in [0.29, 0.717) is 13.1 Å². The summed E-state index contributed by atoms with van der Waals surface area (Å²) in [7, 11) is -2.93. The lowest BCUT2D eigenvalue weighted by atomic mass is 10.1. The third-order valence-corrected chi connectivity index (χ3v) is 5.14. The number of benzene rings is 1. The van der Waals surface area contributed by atoms with Crippen molar-refractivity contribution in [3.8, 4) is 6.07 Å². The van der Waals surface area contributed by atoms with Gasteiger partial charge < -0.3 is 0 Å². The summed E-state index contributed by atoms with van der Waals surface area (Å²) >= 11 is 0. The molecule has 1 aromatic rings. The normalized spacial score (nSPS) is 22.9. The van der Waals surface area contributed by atoms with Crippen molar-refractivity contribution >= 4 is 9.84 Å². The van der Waals surface area contributed by atoms with E-state index in [9.17, 15) is 12.8 Å². The van der Waals surface area contributed by atoms with Crippen LogP contribution in [0.2, 0.25) is 0 Å². The minimum absolute atomic E-state index is 0.0229. The van der Waals surface area contributed by atoms with Gasteiger partial charge in [-0.3, -0.25) is 4.90 Å². The van der Waals surface area contributed by atoms with Crippen molar-refractivity contribution in [3.05, 3.63) is 35.1 Å². The molecular formula is C13H15FN2O2S. The lowest BCUT2D eigenvalue weighted by Crippen LogP contribution is -2.46. The Balaban J connectivity index is 2.12. The second-order valence-corrected chi connectivity index (χ2v) is 7.09. The number of nitriles is 1. The van der Waals surface area contributed by atoms with Crippen molar-refractivity contribution in [1.29, 1.82) is 5.26 Å². The van der Waals surface area contributed by atoms with Gasteiger partial charge in [-0.2, -0.15) is 5.26 Å². The van der Waals surface area contributed by atoms with Crippen LogP contribution >= 0.6 is 0 Å². The van der Waals surface area contributed by atoms with Gasteiger partial charge in [-0.25, -0.2) is 12.8 Å². The van der Waals surface area contributed by atoms with Gasteiger partial charge in [0.05, 0.1) is 17.1 Å². The molecule has 0 aliphatic carbocycles. The first-order valence-corrected chi connectivity index (χ1v) is 7.86. The Bertz CT molecular complexity index is 622. The minimum atomic E-state index is -2.93. The molecule has 0 amide bonds. The Labute approximate surface area is 112 Å². The summed E-state index contributed by atoms with van der Waals surface area (Å²) in [6, 6.07) is 6.17. The number of rotatable bonds is 2. The van der Waals surface area contributed by atoms with Crippen LogP contribution in [-0.4, -0.2) is 37.4 Å². The molecule has 1 saturated heterocycles. The van der Waals surface area contributed by atoms with Crippen LogP contribution in [0.4, 0.5) is 4.39 Å². The molecule has 1 aromatic carbocycles. The lowest BCUT2D eigenvalue weighted by molar-refractivity contribution is 0.218. The molecule has 0 aromatic heterocycles. The molecular weight excluding hydrogens is 267 g/mol. The largest absolute Gasteiger partial charge is 0.294 e. The summed E-state index contributed by atoms with van der Waals surface area (Å²) in [6.45, 7) is 2.87. The maximum Gasteiger partial charge on any atom is 0.153 e. The van der Waals surface area contributed by atoms with Crippen LogP contribution in [-0.2, 0) is 16.4 Å². The van der Waals surface area contributed by atoms with Gasteiger partial charge in [0.1, 0.15) is 11.9 Å². The maximum atomic E-state index is 13.2. The summed E-state index contributed by atoms with van der Waals surface area (Å²) in [6.07, 6.45) is 0. The molecule has 2 rings (SSSR count). The second-order valence-electron chi connectivity index (χ2n) is 4.86. The molecule has 0 radical (unpaired) electrons. The van der Waals surface area contributed by atoms with Crippen LogP contribution in [0.15, 0.2) is 18.2 Å². The topological polar surface area (TPSA) is 61.2 Å². The second kappa shape index (κ2) is 5.27. The van der Waals surface area contributed by atoms with Gasteiger partial charge in [0.2, 0.25) is 0 Å². The van der Waals surface area contributed by atoms with Gasteiger partial charge in [0.15, 0.2) is 9.84 Å². The molecule has 4 nitrogen and oxygen atoms in total. The SMILES string of the molecule is CC1CS(=O)(=O)CCN1Cc1ccc(F)c(C#N)c1. The van der Waals surface area contributed by atoms with Crippen molar-refractivity contribution in [3.63, 3.8) is 0 Å². The van der Waals surface area contributed by atoms with Gasteiger partial charge in [-0.1, -0.05) is 6.07 Å². The fourth-order valence-corrected chi connectivity index (χ4v) is 3.88. The van der Waals surface area contributed by atoms with E-state index >= 15 is 0 Å². The van der Waals surface area contributed by atoms with Gasteiger partial charge in [-0.15, -0.1) is 0 Å². The van der Waals surface area contributed by atoms with Gasteiger partial charge >= 0.3 is 0 Å².